The first-order valence-electron chi connectivity index (χ1n) is 8.83. The highest BCUT2D eigenvalue weighted by molar-refractivity contribution is 5.78. The quantitative estimate of drug-likeness (QED) is 0.856. The summed E-state index contributed by atoms with van der Waals surface area (Å²) < 4.78 is 5.48. The number of nitriles is 1. The van der Waals surface area contributed by atoms with Crippen molar-refractivity contribution in [3.8, 4) is 17.5 Å². The van der Waals surface area contributed by atoms with Gasteiger partial charge in [-0.25, -0.2) is 0 Å². The lowest BCUT2D eigenvalue weighted by Crippen LogP contribution is -2.24. The molecular weight excluding hydrogens is 316 g/mol. The number of aromatic nitrogens is 2. The fourth-order valence-corrected chi connectivity index (χ4v) is 3.83. The average molecular weight is 336 g/mol. The molecule has 2 aliphatic rings. The van der Waals surface area contributed by atoms with Crippen molar-refractivity contribution in [1.29, 1.82) is 5.26 Å². The third-order valence-electron chi connectivity index (χ3n) is 5.30. The Bertz CT molecular complexity index is 830. The van der Waals surface area contributed by atoms with Gasteiger partial charge in [-0.3, -0.25) is 4.79 Å². The number of benzene rings is 1. The molecule has 0 unspecified atom stereocenters. The zero-order chi connectivity index (χ0) is 17.3. The van der Waals surface area contributed by atoms with Crippen molar-refractivity contribution in [2.24, 2.45) is 0 Å². The molecule has 1 aliphatic carbocycles. The Morgan fingerprint density at radius 1 is 1.24 bits per heavy atom. The lowest BCUT2D eigenvalue weighted by atomic mass is 9.88. The van der Waals surface area contributed by atoms with Gasteiger partial charge in [-0.2, -0.15) is 10.2 Å². The van der Waals surface area contributed by atoms with E-state index in [2.05, 4.69) is 16.2 Å². The first-order chi connectivity index (χ1) is 12.2. The summed E-state index contributed by atoms with van der Waals surface area (Å²) in [6.45, 7) is 1.35. The Balaban J connectivity index is 1.65. The molecule has 1 saturated carbocycles. The van der Waals surface area contributed by atoms with Crippen LogP contribution in [0.1, 0.15) is 50.0 Å². The van der Waals surface area contributed by atoms with Crippen molar-refractivity contribution in [1.82, 2.24) is 15.0 Å². The molecule has 0 spiro atoms. The van der Waals surface area contributed by atoms with Crippen LogP contribution in [-0.2, 0) is 16.8 Å². The first-order valence-corrected chi connectivity index (χ1v) is 8.83. The number of rotatable bonds is 4. The molecule has 1 aromatic carbocycles. The molecule has 6 nitrogen and oxygen atoms in total. The van der Waals surface area contributed by atoms with Crippen molar-refractivity contribution < 1.29 is 9.32 Å². The summed E-state index contributed by atoms with van der Waals surface area (Å²) in [4.78, 5) is 18.4. The van der Waals surface area contributed by atoms with Gasteiger partial charge in [0.15, 0.2) is 0 Å². The van der Waals surface area contributed by atoms with E-state index >= 15 is 0 Å². The second-order valence-electron chi connectivity index (χ2n) is 6.90. The van der Waals surface area contributed by atoms with Gasteiger partial charge in [-0.15, -0.1) is 0 Å². The van der Waals surface area contributed by atoms with E-state index in [1.165, 1.54) is 0 Å². The van der Waals surface area contributed by atoms with Crippen LogP contribution in [0, 0.1) is 11.3 Å². The van der Waals surface area contributed by atoms with E-state index in [0.717, 1.165) is 49.8 Å². The van der Waals surface area contributed by atoms with Crippen molar-refractivity contribution in [2.45, 2.75) is 50.5 Å². The number of hydrogen-bond acceptors (Lipinski definition) is 5. The Hall–Kier alpha value is -2.68. The number of hydrogen-bond donors (Lipinski definition) is 0. The minimum absolute atomic E-state index is 0.193. The molecule has 25 heavy (non-hydrogen) atoms. The number of carbonyl (C=O) groups excluding carboxylic acids is 1. The van der Waals surface area contributed by atoms with Crippen molar-refractivity contribution in [3.63, 3.8) is 0 Å². The molecule has 128 valence electrons. The third kappa shape index (κ3) is 2.80. The predicted molar refractivity (Wildman–Crippen MR) is 90.1 cm³/mol. The van der Waals surface area contributed by atoms with E-state index in [4.69, 9.17) is 4.52 Å². The van der Waals surface area contributed by atoms with Gasteiger partial charge in [-0.05, 0) is 24.8 Å². The summed E-state index contributed by atoms with van der Waals surface area (Å²) in [6.07, 6.45) is 5.11. The van der Waals surface area contributed by atoms with Crippen molar-refractivity contribution >= 4 is 5.91 Å². The molecule has 4 rings (SSSR count). The summed E-state index contributed by atoms with van der Waals surface area (Å²) in [5.74, 6) is 1.12. The van der Waals surface area contributed by atoms with Crippen LogP contribution >= 0.6 is 0 Å². The average Bonchev–Trinajstić information content (AvgIpc) is 3.37. The number of amides is 1. The summed E-state index contributed by atoms with van der Waals surface area (Å²) in [5.41, 5.74) is 1.23. The predicted octanol–water partition coefficient (Wildman–Crippen LogP) is 3.19. The smallest absolute Gasteiger partial charge is 0.247 e. The van der Waals surface area contributed by atoms with Gasteiger partial charge in [0, 0.05) is 25.1 Å². The molecular formula is C19H20N4O2. The highest BCUT2D eigenvalue weighted by atomic mass is 16.5. The highest BCUT2D eigenvalue weighted by Gasteiger charge is 2.41. The van der Waals surface area contributed by atoms with Crippen LogP contribution in [0.15, 0.2) is 28.8 Å². The molecule has 1 amide bonds. The molecule has 2 heterocycles. The van der Waals surface area contributed by atoms with Crippen molar-refractivity contribution in [2.75, 3.05) is 6.54 Å². The molecule has 1 saturated heterocycles. The lowest BCUT2D eigenvalue weighted by Gasteiger charge is -2.17. The van der Waals surface area contributed by atoms with E-state index in [-0.39, 0.29) is 5.91 Å². The van der Waals surface area contributed by atoms with Gasteiger partial charge in [-0.1, -0.05) is 42.3 Å². The lowest BCUT2D eigenvalue weighted by molar-refractivity contribution is -0.128. The second-order valence-corrected chi connectivity index (χ2v) is 6.90. The van der Waals surface area contributed by atoms with Crippen LogP contribution < -0.4 is 0 Å². The maximum atomic E-state index is 11.9. The molecule has 2 aromatic rings. The number of nitrogens with zero attached hydrogens (tertiary/aromatic N) is 4. The van der Waals surface area contributed by atoms with Crippen LogP contribution in [0.2, 0.25) is 0 Å². The van der Waals surface area contributed by atoms with Crippen molar-refractivity contribution in [3.05, 3.63) is 35.7 Å². The minimum Gasteiger partial charge on any atom is -0.338 e. The molecule has 6 heteroatoms. The van der Waals surface area contributed by atoms with E-state index in [1.54, 1.807) is 0 Å². The summed E-state index contributed by atoms with van der Waals surface area (Å²) >= 11 is 0. The molecule has 0 radical (unpaired) electrons. The Kier molecular flexibility index (Phi) is 4.00. The number of carbonyl (C=O) groups is 1. The van der Waals surface area contributed by atoms with Gasteiger partial charge in [0.1, 0.15) is 5.41 Å². The summed E-state index contributed by atoms with van der Waals surface area (Å²) in [7, 11) is 0. The topological polar surface area (TPSA) is 83.0 Å². The first kappa shape index (κ1) is 15.8. The summed E-state index contributed by atoms with van der Waals surface area (Å²) in [6, 6.07) is 10.2. The second kappa shape index (κ2) is 6.32. The Labute approximate surface area is 146 Å². The summed E-state index contributed by atoms with van der Waals surface area (Å²) in [5, 5.41) is 13.7. The largest absolute Gasteiger partial charge is 0.338 e. The molecule has 2 fully saturated rings. The van der Waals surface area contributed by atoms with Crippen LogP contribution in [0.25, 0.3) is 11.4 Å². The standard InChI is InChI=1S/C19H20N4O2/c20-13-19(9-3-4-10-19)18-21-17(22-25-18)15-7-2-1-6-14(15)12-23-11-5-8-16(23)24/h1-2,6-7H,3-5,8-12H2. The molecule has 1 aliphatic heterocycles. The normalized spacial score (nSPS) is 19.3. The van der Waals surface area contributed by atoms with Crippen LogP contribution in [0.3, 0.4) is 0 Å². The Morgan fingerprint density at radius 3 is 2.76 bits per heavy atom. The molecule has 0 atom stereocenters. The van der Waals surface area contributed by atoms with Crippen LogP contribution in [0.5, 0.6) is 0 Å². The van der Waals surface area contributed by atoms with Crippen LogP contribution in [0.4, 0.5) is 0 Å². The monoisotopic (exact) mass is 336 g/mol. The SMILES string of the molecule is N#CC1(c2nc(-c3ccccc3CN3CCCC3=O)no2)CCCC1. The molecule has 1 aromatic heterocycles. The number of likely N-dealkylation sites (tertiary alicyclic amines) is 1. The van der Waals surface area contributed by atoms with E-state index in [1.807, 2.05) is 29.2 Å². The molecule has 0 bridgehead atoms. The van der Waals surface area contributed by atoms with E-state index in [0.29, 0.717) is 24.7 Å². The molecule has 0 N–H and O–H groups in total. The fourth-order valence-electron chi connectivity index (χ4n) is 3.83. The van der Waals surface area contributed by atoms with Gasteiger partial charge >= 0.3 is 0 Å². The van der Waals surface area contributed by atoms with E-state index < -0.39 is 5.41 Å². The van der Waals surface area contributed by atoms with Gasteiger partial charge in [0.2, 0.25) is 17.6 Å². The minimum atomic E-state index is -0.634. The third-order valence-corrected chi connectivity index (χ3v) is 5.30. The van der Waals surface area contributed by atoms with E-state index in [9.17, 15) is 10.1 Å². The maximum Gasteiger partial charge on any atom is 0.247 e. The van der Waals surface area contributed by atoms with Gasteiger partial charge in [0.25, 0.3) is 0 Å². The highest BCUT2D eigenvalue weighted by Crippen LogP contribution is 2.40. The maximum absolute atomic E-state index is 11.9. The zero-order valence-corrected chi connectivity index (χ0v) is 14.1. The Morgan fingerprint density at radius 2 is 2.04 bits per heavy atom. The fraction of sp³-hybridized carbons (Fsp3) is 0.474. The zero-order valence-electron chi connectivity index (χ0n) is 14.1. The van der Waals surface area contributed by atoms with Gasteiger partial charge < -0.3 is 9.42 Å². The van der Waals surface area contributed by atoms with Crippen LogP contribution in [-0.4, -0.2) is 27.5 Å². The van der Waals surface area contributed by atoms with Gasteiger partial charge in [0.05, 0.1) is 6.07 Å².